The summed E-state index contributed by atoms with van der Waals surface area (Å²) in [6.45, 7) is 8.31. The van der Waals surface area contributed by atoms with E-state index in [0.717, 1.165) is 24.2 Å². The van der Waals surface area contributed by atoms with Crippen molar-refractivity contribution in [3.05, 3.63) is 69.8 Å². The molecule has 186 valence electrons. The van der Waals surface area contributed by atoms with Gasteiger partial charge in [-0.15, -0.1) is 0 Å². The predicted molar refractivity (Wildman–Crippen MR) is 131 cm³/mol. The van der Waals surface area contributed by atoms with Gasteiger partial charge < -0.3 is 24.4 Å². The minimum absolute atomic E-state index is 0.0366. The highest BCUT2D eigenvalue weighted by molar-refractivity contribution is 6.46. The summed E-state index contributed by atoms with van der Waals surface area (Å²) in [5, 5.41) is 13.9. The number of ether oxygens (including phenoxy) is 2. The van der Waals surface area contributed by atoms with Gasteiger partial charge in [-0.3, -0.25) is 9.59 Å². The van der Waals surface area contributed by atoms with Crippen LogP contribution in [0.4, 0.5) is 0 Å². The second-order valence-corrected chi connectivity index (χ2v) is 9.66. The number of likely N-dealkylation sites (tertiary alicyclic amines) is 1. The fourth-order valence-electron chi connectivity index (χ4n) is 4.66. The van der Waals surface area contributed by atoms with E-state index in [-0.39, 0.29) is 16.2 Å². The average molecular weight is 499 g/mol. The number of Topliss-reactive ketones (excluding diaryl/α,β-unsaturated/α-hetero) is 1. The van der Waals surface area contributed by atoms with Gasteiger partial charge in [0, 0.05) is 5.57 Å². The van der Waals surface area contributed by atoms with Crippen molar-refractivity contribution in [2.45, 2.75) is 25.8 Å². The number of hydrogen-bond acceptors (Lipinski definition) is 5. The number of hydrogen-bond donors (Lipinski definition) is 1. The number of rotatable bonds is 7. The van der Waals surface area contributed by atoms with Gasteiger partial charge in [0.2, 0.25) is 5.78 Å². The van der Waals surface area contributed by atoms with Crippen LogP contribution in [0, 0.1) is 0 Å². The average Bonchev–Trinajstić information content (AvgIpc) is 3.12. The second kappa shape index (κ2) is 10.8. The third-order valence-corrected chi connectivity index (χ3v) is 7.06. The zero-order chi connectivity index (χ0) is 25.1. The molecule has 2 aromatic rings. The number of benzene rings is 2. The van der Waals surface area contributed by atoms with Crippen LogP contribution in [0.2, 0.25) is 5.02 Å². The van der Waals surface area contributed by atoms with Crippen molar-refractivity contribution >= 4 is 29.1 Å². The van der Waals surface area contributed by atoms with Crippen molar-refractivity contribution in [2.75, 3.05) is 46.5 Å². The van der Waals surface area contributed by atoms with Gasteiger partial charge in [-0.05, 0) is 34.7 Å². The van der Waals surface area contributed by atoms with E-state index in [4.69, 9.17) is 21.1 Å². The molecular weight excluding hydrogens is 468 g/mol. The summed E-state index contributed by atoms with van der Waals surface area (Å²) in [6, 6.07) is 11.7. The molecule has 2 aliphatic rings. The van der Waals surface area contributed by atoms with E-state index in [1.54, 1.807) is 17.0 Å². The number of methoxy groups -OCH3 is 1. The smallest absolute Gasteiger partial charge is 0.295 e. The lowest BCUT2D eigenvalue weighted by Gasteiger charge is -2.30. The number of carbonyl (C=O) groups excluding carboxylic acids is 2. The van der Waals surface area contributed by atoms with Gasteiger partial charge in [0.1, 0.15) is 18.8 Å². The molecule has 1 N–H and O–H groups in total. The Bertz CT molecular complexity index is 1120. The normalized spacial score (nSPS) is 20.6. The molecule has 35 heavy (non-hydrogen) atoms. The Morgan fingerprint density at radius 1 is 1.17 bits per heavy atom. The van der Waals surface area contributed by atoms with E-state index in [2.05, 4.69) is 13.8 Å². The predicted octanol–water partition coefficient (Wildman–Crippen LogP) is 1.61. The highest BCUT2D eigenvalue weighted by atomic mass is 35.5. The number of nitrogens with one attached hydrogen (secondary N) is 1. The first-order valence-electron chi connectivity index (χ1n) is 11.9. The Labute approximate surface area is 210 Å². The van der Waals surface area contributed by atoms with E-state index < -0.39 is 23.5 Å². The third-order valence-electron chi connectivity index (χ3n) is 6.77. The maximum atomic E-state index is 13.6. The van der Waals surface area contributed by atoms with Crippen molar-refractivity contribution in [1.29, 1.82) is 0 Å². The number of halogens is 1. The summed E-state index contributed by atoms with van der Waals surface area (Å²) in [5.41, 5.74) is 2.10. The molecule has 2 aromatic carbocycles. The van der Waals surface area contributed by atoms with Crippen LogP contribution in [-0.4, -0.2) is 63.1 Å². The first-order valence-corrected chi connectivity index (χ1v) is 12.3. The highest BCUT2D eigenvalue weighted by Crippen LogP contribution is 2.39. The first-order chi connectivity index (χ1) is 16.8. The van der Waals surface area contributed by atoms with E-state index in [0.29, 0.717) is 38.0 Å². The molecule has 0 bridgehead atoms. The number of amides is 1. The second-order valence-electron chi connectivity index (χ2n) is 9.26. The molecule has 2 fully saturated rings. The van der Waals surface area contributed by atoms with Crippen LogP contribution in [0.25, 0.3) is 5.76 Å². The van der Waals surface area contributed by atoms with Crippen LogP contribution in [0.1, 0.15) is 42.5 Å². The third kappa shape index (κ3) is 5.22. The molecule has 8 heteroatoms. The quantitative estimate of drug-likeness (QED) is 0.356. The number of nitrogens with zero attached hydrogens (tertiary/aromatic N) is 1. The topological polar surface area (TPSA) is 83.3 Å². The molecule has 0 saturated carbocycles. The molecular formula is C27H31ClN2O5. The van der Waals surface area contributed by atoms with Crippen LogP contribution in [-0.2, 0) is 14.3 Å². The minimum atomic E-state index is -0.753. The lowest BCUT2D eigenvalue weighted by molar-refractivity contribution is -0.907. The Balaban J connectivity index is 1.75. The van der Waals surface area contributed by atoms with E-state index in [9.17, 15) is 14.7 Å². The van der Waals surface area contributed by atoms with Gasteiger partial charge in [-0.2, -0.15) is 0 Å². The maximum Gasteiger partial charge on any atom is 0.295 e. The van der Waals surface area contributed by atoms with Crippen molar-refractivity contribution in [2.24, 2.45) is 0 Å². The van der Waals surface area contributed by atoms with Gasteiger partial charge in [0.15, 0.2) is 0 Å². The van der Waals surface area contributed by atoms with Gasteiger partial charge in [-0.1, -0.05) is 61.5 Å². The number of quaternary nitrogens is 1. The monoisotopic (exact) mass is 498 g/mol. The number of carbonyl (C=O) groups is 2. The fraction of sp³-hybridized carbons (Fsp3) is 0.407. The number of ketones is 1. The lowest BCUT2D eigenvalue weighted by Crippen LogP contribution is -3.14. The summed E-state index contributed by atoms with van der Waals surface area (Å²) in [6.07, 6.45) is 0. The van der Waals surface area contributed by atoms with Gasteiger partial charge >= 0.3 is 0 Å². The molecule has 0 spiro atoms. The molecule has 1 unspecified atom stereocenters. The van der Waals surface area contributed by atoms with E-state index in [1.165, 1.54) is 18.1 Å². The van der Waals surface area contributed by atoms with Crippen LogP contribution in [0.15, 0.2) is 48.0 Å². The Hall–Kier alpha value is -2.87. The van der Waals surface area contributed by atoms with Crippen molar-refractivity contribution < 1.29 is 29.1 Å². The van der Waals surface area contributed by atoms with Crippen LogP contribution < -0.4 is 14.7 Å². The van der Waals surface area contributed by atoms with Crippen molar-refractivity contribution in [3.63, 3.8) is 0 Å². The van der Waals surface area contributed by atoms with Crippen molar-refractivity contribution in [1.82, 2.24) is 4.90 Å². The molecule has 1 amide bonds. The molecule has 2 saturated heterocycles. The molecule has 7 nitrogen and oxygen atoms in total. The Morgan fingerprint density at radius 2 is 1.86 bits per heavy atom. The molecule has 1 atom stereocenters. The van der Waals surface area contributed by atoms with Crippen molar-refractivity contribution in [3.8, 4) is 5.75 Å². The Kier molecular flexibility index (Phi) is 7.79. The van der Waals surface area contributed by atoms with Crippen LogP contribution in [0.5, 0.6) is 5.75 Å². The van der Waals surface area contributed by atoms with Gasteiger partial charge in [0.05, 0.1) is 44.5 Å². The minimum Gasteiger partial charge on any atom is -0.872 e. The molecule has 4 rings (SSSR count). The number of morpholine rings is 1. The summed E-state index contributed by atoms with van der Waals surface area (Å²) in [7, 11) is 1.49. The van der Waals surface area contributed by atoms with Gasteiger partial charge in [-0.25, -0.2) is 0 Å². The standard InChI is InChI=1S/C27H31ClN2O5/c1-17(2)18-4-6-19(7-5-18)24-23(25(31)20-8-9-22(34-3)21(28)16-20)26(32)27(33)30(24)11-10-29-12-14-35-15-13-29/h4-9,16-17,24,31H,10-15H2,1-3H3. The van der Waals surface area contributed by atoms with E-state index >= 15 is 0 Å². The fourth-order valence-corrected chi connectivity index (χ4v) is 4.92. The Morgan fingerprint density at radius 3 is 2.46 bits per heavy atom. The SMILES string of the molecule is COc1ccc(C([O-])=C2C(=O)C(=O)N(CC[NH+]3CCOCC3)C2c2ccc(C(C)C)cc2)cc1Cl. The zero-order valence-corrected chi connectivity index (χ0v) is 21.1. The molecule has 2 aliphatic heterocycles. The zero-order valence-electron chi connectivity index (χ0n) is 20.3. The largest absolute Gasteiger partial charge is 0.872 e. The molecule has 0 aliphatic carbocycles. The van der Waals surface area contributed by atoms with E-state index in [1.807, 2.05) is 24.3 Å². The molecule has 2 heterocycles. The highest BCUT2D eigenvalue weighted by Gasteiger charge is 2.44. The molecule has 0 radical (unpaired) electrons. The van der Waals surface area contributed by atoms with Crippen LogP contribution >= 0.6 is 11.6 Å². The first kappa shape index (κ1) is 25.2. The maximum absolute atomic E-state index is 13.6. The lowest BCUT2D eigenvalue weighted by atomic mass is 9.93. The summed E-state index contributed by atoms with van der Waals surface area (Å²) in [5.74, 6) is -1.12. The van der Waals surface area contributed by atoms with Gasteiger partial charge in [0.25, 0.3) is 5.91 Å². The van der Waals surface area contributed by atoms with Crippen LogP contribution in [0.3, 0.4) is 0 Å². The summed E-state index contributed by atoms with van der Waals surface area (Å²) < 4.78 is 10.6. The molecule has 0 aromatic heterocycles. The summed E-state index contributed by atoms with van der Waals surface area (Å²) >= 11 is 6.25. The summed E-state index contributed by atoms with van der Waals surface area (Å²) in [4.78, 5) is 29.3.